The van der Waals surface area contributed by atoms with Crippen LogP contribution in [0.4, 0.5) is 11.4 Å². The number of hydrogen-bond acceptors (Lipinski definition) is 5. The molecule has 7 nitrogen and oxygen atoms in total. The topological polar surface area (TPSA) is 96.5 Å². The third-order valence-corrected chi connectivity index (χ3v) is 8.51. The molecular formula is C37H30BrN3O4S. The van der Waals surface area contributed by atoms with Gasteiger partial charge in [-0.05, 0) is 83.9 Å². The van der Waals surface area contributed by atoms with Crippen LogP contribution in [0.3, 0.4) is 0 Å². The lowest BCUT2D eigenvalue weighted by Crippen LogP contribution is -2.30. The second kappa shape index (κ2) is 15.7. The molecule has 230 valence electrons. The maximum atomic E-state index is 13.6. The molecule has 0 saturated heterocycles. The molecule has 0 aliphatic carbocycles. The Labute approximate surface area is 280 Å². The van der Waals surface area contributed by atoms with Crippen molar-refractivity contribution in [2.45, 2.75) is 10.1 Å². The summed E-state index contributed by atoms with van der Waals surface area (Å²) >= 11 is 4.79. The highest BCUT2D eigenvalue weighted by Crippen LogP contribution is 2.37. The normalized spacial score (nSPS) is 11.7. The van der Waals surface area contributed by atoms with Crippen LogP contribution in [0.25, 0.3) is 6.08 Å². The molecule has 9 heteroatoms. The Kier molecular flexibility index (Phi) is 11.0. The standard InChI is InChI=1S/C37H30BrN3O4S/c1-45-31-16-8-10-25(22-31)23-33(41-35(42)27-13-6-3-7-14-27)36(43)40-30-15-9-17-32(24-30)46-34(26-11-4-2-5-12-26)37(44)39-29-20-18-28(38)19-21-29/h2-24,34H,1H3,(H,39,44)(H,40,43)(H,41,42)/b33-23-. The van der Waals surface area contributed by atoms with Crippen LogP contribution in [0.5, 0.6) is 5.75 Å². The predicted octanol–water partition coefficient (Wildman–Crippen LogP) is 8.34. The minimum atomic E-state index is -0.565. The van der Waals surface area contributed by atoms with Crippen molar-refractivity contribution in [1.29, 1.82) is 0 Å². The first-order chi connectivity index (χ1) is 22.4. The number of carbonyl (C=O) groups is 3. The fraction of sp³-hybridized carbons (Fsp3) is 0.0541. The lowest BCUT2D eigenvalue weighted by Gasteiger charge is -2.18. The Morgan fingerprint density at radius 3 is 2.15 bits per heavy atom. The van der Waals surface area contributed by atoms with E-state index in [9.17, 15) is 14.4 Å². The highest BCUT2D eigenvalue weighted by atomic mass is 79.9. The van der Waals surface area contributed by atoms with Crippen molar-refractivity contribution < 1.29 is 19.1 Å². The molecule has 0 fully saturated rings. The fourth-order valence-corrected chi connectivity index (χ4v) is 5.81. The molecule has 0 aromatic heterocycles. The summed E-state index contributed by atoms with van der Waals surface area (Å²) in [5.41, 5.74) is 3.16. The van der Waals surface area contributed by atoms with Gasteiger partial charge in [0.25, 0.3) is 11.8 Å². The maximum absolute atomic E-state index is 13.6. The van der Waals surface area contributed by atoms with Gasteiger partial charge in [0.05, 0.1) is 7.11 Å². The summed E-state index contributed by atoms with van der Waals surface area (Å²) in [5, 5.41) is 8.10. The summed E-state index contributed by atoms with van der Waals surface area (Å²) in [5.74, 6) is -0.497. The minimum absolute atomic E-state index is 0.0520. The molecule has 46 heavy (non-hydrogen) atoms. The number of anilines is 2. The second-order valence-electron chi connectivity index (χ2n) is 10.0. The first-order valence-corrected chi connectivity index (χ1v) is 16.0. The van der Waals surface area contributed by atoms with Gasteiger partial charge in [-0.1, -0.05) is 82.7 Å². The number of ether oxygens (including phenoxy) is 1. The maximum Gasteiger partial charge on any atom is 0.272 e. The van der Waals surface area contributed by atoms with Gasteiger partial charge in [0.1, 0.15) is 16.7 Å². The average molecular weight is 693 g/mol. The van der Waals surface area contributed by atoms with E-state index < -0.39 is 17.1 Å². The average Bonchev–Trinajstić information content (AvgIpc) is 3.09. The summed E-state index contributed by atoms with van der Waals surface area (Å²) in [7, 11) is 1.56. The molecule has 1 atom stereocenters. The van der Waals surface area contributed by atoms with Crippen LogP contribution < -0.4 is 20.7 Å². The number of rotatable bonds is 11. The molecule has 3 N–H and O–H groups in total. The van der Waals surface area contributed by atoms with Gasteiger partial charge in [-0.2, -0.15) is 0 Å². The van der Waals surface area contributed by atoms with Crippen molar-refractivity contribution in [2.75, 3.05) is 17.7 Å². The van der Waals surface area contributed by atoms with Gasteiger partial charge in [-0.15, -0.1) is 11.8 Å². The van der Waals surface area contributed by atoms with Crippen molar-refractivity contribution in [3.8, 4) is 5.75 Å². The predicted molar refractivity (Wildman–Crippen MR) is 188 cm³/mol. The number of amides is 3. The van der Waals surface area contributed by atoms with Gasteiger partial charge < -0.3 is 20.7 Å². The highest BCUT2D eigenvalue weighted by Gasteiger charge is 2.23. The zero-order chi connectivity index (χ0) is 32.3. The van der Waals surface area contributed by atoms with E-state index in [1.54, 1.807) is 73.8 Å². The number of halogens is 1. The Hall–Kier alpha value is -5.12. The SMILES string of the molecule is COc1cccc(/C=C(\NC(=O)c2ccccc2)C(=O)Nc2cccc(SC(C(=O)Nc3ccc(Br)cc3)c3ccccc3)c2)c1. The van der Waals surface area contributed by atoms with Crippen LogP contribution in [0.1, 0.15) is 26.7 Å². The Balaban J connectivity index is 1.38. The van der Waals surface area contributed by atoms with Crippen molar-refractivity contribution in [1.82, 2.24) is 5.32 Å². The van der Waals surface area contributed by atoms with Crippen molar-refractivity contribution in [3.05, 3.63) is 160 Å². The molecule has 1 unspecified atom stereocenters. The Bertz CT molecular complexity index is 1850. The van der Waals surface area contributed by atoms with Crippen molar-refractivity contribution in [3.63, 3.8) is 0 Å². The van der Waals surface area contributed by atoms with Gasteiger partial charge in [0, 0.05) is 26.3 Å². The molecule has 0 radical (unpaired) electrons. The molecule has 0 aliphatic heterocycles. The zero-order valence-corrected chi connectivity index (χ0v) is 27.2. The summed E-state index contributed by atoms with van der Waals surface area (Å²) in [6.07, 6.45) is 1.59. The number of carbonyl (C=O) groups excluding carboxylic acids is 3. The van der Waals surface area contributed by atoms with E-state index in [2.05, 4.69) is 31.9 Å². The van der Waals surface area contributed by atoms with Crippen LogP contribution >= 0.6 is 27.7 Å². The van der Waals surface area contributed by atoms with E-state index >= 15 is 0 Å². The van der Waals surface area contributed by atoms with Gasteiger partial charge in [0.2, 0.25) is 5.91 Å². The largest absolute Gasteiger partial charge is 0.497 e. The quantitative estimate of drug-likeness (QED) is 0.0956. The summed E-state index contributed by atoms with van der Waals surface area (Å²) in [4.78, 5) is 41.0. The van der Waals surface area contributed by atoms with Gasteiger partial charge in [-0.25, -0.2) is 0 Å². The smallest absolute Gasteiger partial charge is 0.272 e. The summed E-state index contributed by atoms with van der Waals surface area (Å²) in [6, 6.07) is 40.0. The molecule has 0 bridgehead atoms. The molecule has 3 amide bonds. The molecule has 0 saturated carbocycles. The molecule has 5 aromatic rings. The molecule has 0 heterocycles. The zero-order valence-electron chi connectivity index (χ0n) is 24.8. The Morgan fingerprint density at radius 2 is 1.43 bits per heavy atom. The molecule has 5 aromatic carbocycles. The summed E-state index contributed by atoms with van der Waals surface area (Å²) < 4.78 is 6.24. The van der Waals surface area contributed by atoms with Crippen LogP contribution in [-0.4, -0.2) is 24.8 Å². The number of methoxy groups -OCH3 is 1. The van der Waals surface area contributed by atoms with E-state index in [0.29, 0.717) is 28.3 Å². The van der Waals surface area contributed by atoms with Crippen LogP contribution in [0.15, 0.2) is 149 Å². The summed E-state index contributed by atoms with van der Waals surface area (Å²) in [6.45, 7) is 0. The number of hydrogen-bond donors (Lipinski definition) is 3. The minimum Gasteiger partial charge on any atom is -0.497 e. The van der Waals surface area contributed by atoms with E-state index in [4.69, 9.17) is 4.74 Å². The third kappa shape index (κ3) is 8.97. The fourth-order valence-electron chi connectivity index (χ4n) is 4.46. The van der Waals surface area contributed by atoms with Crippen LogP contribution in [-0.2, 0) is 9.59 Å². The molecule has 5 rings (SSSR count). The van der Waals surface area contributed by atoms with Gasteiger partial charge >= 0.3 is 0 Å². The first kappa shape index (κ1) is 32.3. The van der Waals surface area contributed by atoms with Gasteiger partial charge in [0.15, 0.2) is 0 Å². The van der Waals surface area contributed by atoms with Crippen molar-refractivity contribution in [2.24, 2.45) is 0 Å². The van der Waals surface area contributed by atoms with Crippen LogP contribution in [0, 0.1) is 0 Å². The van der Waals surface area contributed by atoms with E-state index in [-0.39, 0.29) is 11.6 Å². The first-order valence-electron chi connectivity index (χ1n) is 14.3. The Morgan fingerprint density at radius 1 is 0.739 bits per heavy atom. The number of benzene rings is 5. The van der Waals surface area contributed by atoms with E-state index in [0.717, 1.165) is 14.9 Å². The number of nitrogens with one attached hydrogen (secondary N) is 3. The second-order valence-corrected chi connectivity index (χ2v) is 12.1. The lowest BCUT2D eigenvalue weighted by molar-refractivity contribution is -0.116. The molecule has 0 spiro atoms. The number of thioether (sulfide) groups is 1. The van der Waals surface area contributed by atoms with E-state index in [1.165, 1.54) is 11.8 Å². The van der Waals surface area contributed by atoms with E-state index in [1.807, 2.05) is 72.8 Å². The lowest BCUT2D eigenvalue weighted by atomic mass is 10.1. The monoisotopic (exact) mass is 691 g/mol. The highest BCUT2D eigenvalue weighted by molar-refractivity contribution is 9.10. The van der Waals surface area contributed by atoms with Crippen molar-refractivity contribution >= 4 is 62.9 Å². The molecule has 0 aliphatic rings. The third-order valence-electron chi connectivity index (χ3n) is 6.73. The van der Waals surface area contributed by atoms with Gasteiger partial charge in [-0.3, -0.25) is 14.4 Å². The molecular weight excluding hydrogens is 662 g/mol. The van der Waals surface area contributed by atoms with Crippen LogP contribution in [0.2, 0.25) is 0 Å².